The van der Waals surface area contributed by atoms with Crippen LogP contribution in [-0.2, 0) is 11.8 Å². The molecule has 0 aliphatic heterocycles. The first kappa shape index (κ1) is 19.4. The predicted octanol–water partition coefficient (Wildman–Crippen LogP) is 4.12. The molecule has 3 N–H and O–H groups in total. The van der Waals surface area contributed by atoms with Crippen molar-refractivity contribution in [1.29, 1.82) is 0 Å². The normalized spacial score (nSPS) is 19.0. The smallest absolute Gasteiger partial charge is 0.224 e. The van der Waals surface area contributed by atoms with Gasteiger partial charge in [-0.05, 0) is 55.2 Å². The number of carbonyl (C=O) groups excluding carboxylic acids is 1. The molecule has 1 aromatic heterocycles. The number of carbonyl (C=O) groups is 1. The molecule has 27 heavy (non-hydrogen) atoms. The van der Waals surface area contributed by atoms with Gasteiger partial charge in [0.15, 0.2) is 0 Å². The highest BCUT2D eigenvalue weighted by molar-refractivity contribution is 5.91. The molecule has 1 amide bonds. The minimum Gasteiger partial charge on any atom is -0.327 e. The Morgan fingerprint density at radius 3 is 2.59 bits per heavy atom. The van der Waals surface area contributed by atoms with E-state index in [9.17, 15) is 4.79 Å². The summed E-state index contributed by atoms with van der Waals surface area (Å²) in [5.41, 5.74) is 9.98. The van der Waals surface area contributed by atoms with Crippen LogP contribution in [0.2, 0.25) is 0 Å². The highest BCUT2D eigenvalue weighted by Gasteiger charge is 2.26. The average molecular weight is 385 g/mol. The Balaban J connectivity index is 0.00000210. The van der Waals surface area contributed by atoms with E-state index in [-0.39, 0.29) is 24.4 Å². The molecule has 1 fully saturated rings. The maximum absolute atomic E-state index is 12.3. The fourth-order valence-corrected chi connectivity index (χ4v) is 3.88. The Morgan fingerprint density at radius 2 is 1.93 bits per heavy atom. The minimum atomic E-state index is 0. The number of nitrogens with two attached hydrogens (primary N) is 1. The summed E-state index contributed by atoms with van der Waals surface area (Å²) in [5.74, 6) is 1.28. The van der Waals surface area contributed by atoms with Crippen molar-refractivity contribution in [2.75, 3.05) is 5.32 Å². The number of hydrogen-bond acceptors (Lipinski definition) is 3. The second-order valence-electron chi connectivity index (χ2n) is 7.17. The van der Waals surface area contributed by atoms with Gasteiger partial charge in [-0.2, -0.15) is 0 Å². The Bertz CT molecular complexity index is 935. The van der Waals surface area contributed by atoms with Gasteiger partial charge in [-0.1, -0.05) is 18.6 Å². The van der Waals surface area contributed by atoms with E-state index >= 15 is 0 Å². The molecule has 0 bridgehead atoms. The molecule has 1 saturated carbocycles. The molecule has 1 heterocycles. The van der Waals surface area contributed by atoms with Crippen LogP contribution in [0.15, 0.2) is 48.5 Å². The van der Waals surface area contributed by atoms with Gasteiger partial charge in [0, 0.05) is 30.8 Å². The molecule has 5 nitrogen and oxygen atoms in total. The highest BCUT2D eigenvalue weighted by atomic mass is 35.5. The molecular formula is C21H25ClN4O. The summed E-state index contributed by atoms with van der Waals surface area (Å²) in [7, 11) is 2.02. The monoisotopic (exact) mass is 384 g/mol. The van der Waals surface area contributed by atoms with Crippen LogP contribution >= 0.6 is 12.4 Å². The number of imidazole rings is 1. The number of nitrogens with one attached hydrogen (secondary N) is 1. The lowest BCUT2D eigenvalue weighted by atomic mass is 10.00. The van der Waals surface area contributed by atoms with Gasteiger partial charge in [0.1, 0.15) is 5.82 Å². The molecule has 142 valence electrons. The topological polar surface area (TPSA) is 72.9 Å². The quantitative estimate of drug-likeness (QED) is 0.710. The maximum atomic E-state index is 12.3. The molecule has 4 rings (SSSR count). The first-order valence-corrected chi connectivity index (χ1v) is 9.19. The first-order valence-electron chi connectivity index (χ1n) is 9.19. The summed E-state index contributed by atoms with van der Waals surface area (Å²) in [4.78, 5) is 17.0. The van der Waals surface area contributed by atoms with Crippen molar-refractivity contribution in [3.63, 3.8) is 0 Å². The molecule has 1 aliphatic rings. The first-order chi connectivity index (χ1) is 12.6. The third-order valence-corrected chi connectivity index (χ3v) is 5.38. The van der Waals surface area contributed by atoms with Crippen LogP contribution in [0.25, 0.3) is 22.4 Å². The van der Waals surface area contributed by atoms with Gasteiger partial charge in [-0.15, -0.1) is 12.4 Å². The van der Waals surface area contributed by atoms with Crippen LogP contribution in [-0.4, -0.2) is 21.5 Å². The van der Waals surface area contributed by atoms with Crippen molar-refractivity contribution in [2.24, 2.45) is 18.7 Å². The number of nitrogens with zero attached hydrogens (tertiary/aromatic N) is 2. The molecule has 3 aromatic rings. The lowest BCUT2D eigenvalue weighted by Gasteiger charge is -2.14. The van der Waals surface area contributed by atoms with Crippen LogP contribution in [0.4, 0.5) is 5.69 Å². The predicted molar refractivity (Wildman–Crippen MR) is 112 cm³/mol. The van der Waals surface area contributed by atoms with Crippen molar-refractivity contribution in [1.82, 2.24) is 9.55 Å². The van der Waals surface area contributed by atoms with Gasteiger partial charge < -0.3 is 15.6 Å². The van der Waals surface area contributed by atoms with Crippen LogP contribution in [0, 0.1) is 5.92 Å². The molecule has 2 atom stereocenters. The van der Waals surface area contributed by atoms with Crippen molar-refractivity contribution in [2.45, 2.75) is 31.7 Å². The number of para-hydroxylation sites is 2. The van der Waals surface area contributed by atoms with Gasteiger partial charge in [0.05, 0.1) is 11.0 Å². The van der Waals surface area contributed by atoms with Crippen molar-refractivity contribution >= 4 is 35.0 Å². The Labute approximate surface area is 165 Å². The summed E-state index contributed by atoms with van der Waals surface area (Å²) in [6, 6.07) is 16.1. The standard InChI is InChI=1S/C21H24N4O.ClH/c1-25-19-8-3-2-7-18(19)24-21(25)14-9-11-16(12-10-14)23-20(26)13-15-5-4-6-17(15)22;/h2-3,7-12,15,17H,4-6,13,22H2,1H3,(H,23,26);1H/t15-,17+;/m0./s1. The Kier molecular flexibility index (Phi) is 5.82. The number of aromatic nitrogens is 2. The van der Waals surface area contributed by atoms with Crippen molar-refractivity contribution < 1.29 is 4.79 Å². The number of aryl methyl sites for hydroxylation is 1. The molecule has 0 spiro atoms. The van der Waals surface area contributed by atoms with E-state index in [0.29, 0.717) is 12.3 Å². The lowest BCUT2D eigenvalue weighted by molar-refractivity contribution is -0.117. The molecule has 1 aliphatic carbocycles. The van der Waals surface area contributed by atoms with Crippen molar-refractivity contribution in [3.05, 3.63) is 48.5 Å². The van der Waals surface area contributed by atoms with Gasteiger partial charge in [-0.3, -0.25) is 4.79 Å². The van der Waals surface area contributed by atoms with Gasteiger partial charge >= 0.3 is 0 Å². The highest BCUT2D eigenvalue weighted by Crippen LogP contribution is 2.28. The summed E-state index contributed by atoms with van der Waals surface area (Å²) in [6.45, 7) is 0. The second kappa shape index (κ2) is 8.11. The van der Waals surface area contributed by atoms with E-state index in [4.69, 9.17) is 10.7 Å². The molecule has 0 unspecified atom stereocenters. The van der Waals surface area contributed by atoms with E-state index in [0.717, 1.165) is 47.4 Å². The number of fused-ring (bicyclic) bond motifs is 1. The second-order valence-corrected chi connectivity index (χ2v) is 7.17. The number of anilines is 1. The van der Waals surface area contributed by atoms with E-state index in [1.807, 2.05) is 49.5 Å². The zero-order valence-corrected chi connectivity index (χ0v) is 16.2. The van der Waals surface area contributed by atoms with Gasteiger partial charge in [-0.25, -0.2) is 4.98 Å². The molecule has 0 saturated heterocycles. The number of hydrogen-bond donors (Lipinski definition) is 2. The molecule has 6 heteroatoms. The zero-order chi connectivity index (χ0) is 18.1. The maximum Gasteiger partial charge on any atom is 0.224 e. The number of amides is 1. The lowest BCUT2D eigenvalue weighted by Crippen LogP contribution is -2.28. The number of benzene rings is 2. The molecular weight excluding hydrogens is 360 g/mol. The van der Waals surface area contributed by atoms with Crippen LogP contribution in [0.1, 0.15) is 25.7 Å². The fourth-order valence-electron chi connectivity index (χ4n) is 3.88. The Morgan fingerprint density at radius 1 is 1.19 bits per heavy atom. The van der Waals surface area contributed by atoms with E-state index in [1.165, 1.54) is 0 Å². The van der Waals surface area contributed by atoms with Crippen LogP contribution in [0.3, 0.4) is 0 Å². The van der Waals surface area contributed by atoms with Crippen LogP contribution in [0.5, 0.6) is 0 Å². The zero-order valence-electron chi connectivity index (χ0n) is 15.4. The minimum absolute atomic E-state index is 0. The Hall–Kier alpha value is -2.37. The third-order valence-electron chi connectivity index (χ3n) is 5.38. The van der Waals surface area contributed by atoms with Gasteiger partial charge in [0.2, 0.25) is 5.91 Å². The van der Waals surface area contributed by atoms with E-state index in [1.54, 1.807) is 0 Å². The summed E-state index contributed by atoms with van der Waals surface area (Å²) in [6.07, 6.45) is 3.73. The largest absolute Gasteiger partial charge is 0.327 e. The summed E-state index contributed by atoms with van der Waals surface area (Å²) in [5, 5.41) is 2.99. The third kappa shape index (κ3) is 3.99. The number of halogens is 1. The summed E-state index contributed by atoms with van der Waals surface area (Å²) < 4.78 is 2.09. The van der Waals surface area contributed by atoms with E-state index in [2.05, 4.69) is 16.0 Å². The average Bonchev–Trinajstić information content (AvgIpc) is 3.19. The van der Waals surface area contributed by atoms with Crippen molar-refractivity contribution in [3.8, 4) is 11.4 Å². The van der Waals surface area contributed by atoms with Crippen LogP contribution < -0.4 is 11.1 Å². The SMILES string of the molecule is Cl.Cn1c(-c2ccc(NC(=O)C[C@@H]3CCC[C@H]3N)cc2)nc2ccccc21. The van der Waals surface area contributed by atoms with Gasteiger partial charge in [0.25, 0.3) is 0 Å². The molecule has 0 radical (unpaired) electrons. The van der Waals surface area contributed by atoms with E-state index < -0.39 is 0 Å². The number of rotatable bonds is 4. The summed E-state index contributed by atoms with van der Waals surface area (Å²) >= 11 is 0. The fraction of sp³-hybridized carbons (Fsp3) is 0.333. The molecule has 2 aromatic carbocycles.